The van der Waals surface area contributed by atoms with Crippen molar-refractivity contribution in [1.29, 1.82) is 0 Å². The number of nitrogens with zero attached hydrogens (tertiary/aromatic N) is 3. The van der Waals surface area contributed by atoms with Gasteiger partial charge in [-0.2, -0.15) is 0 Å². The smallest absolute Gasteiger partial charge is 0.352 e. The molecule has 3 heterocycles. The zero-order chi connectivity index (χ0) is 19.8. The van der Waals surface area contributed by atoms with Crippen LogP contribution in [0.1, 0.15) is 5.69 Å². The summed E-state index contributed by atoms with van der Waals surface area (Å²) in [6, 6.07) is 0. The van der Waals surface area contributed by atoms with Crippen LogP contribution in [0.3, 0.4) is 0 Å². The Morgan fingerprint density at radius 2 is 2.33 bits per heavy atom. The summed E-state index contributed by atoms with van der Waals surface area (Å²) in [5.41, 5.74) is 9.84. The highest BCUT2D eigenvalue weighted by Gasteiger charge is 2.64. The molecule has 27 heavy (non-hydrogen) atoms. The van der Waals surface area contributed by atoms with Crippen molar-refractivity contribution in [1.82, 2.24) is 15.2 Å². The molecule has 1 saturated heterocycles. The second-order valence-corrected chi connectivity index (χ2v) is 7.58. The number of amides is 2. The van der Waals surface area contributed by atoms with Gasteiger partial charge in [0.25, 0.3) is 11.8 Å². The van der Waals surface area contributed by atoms with Gasteiger partial charge in [-0.15, -0.1) is 23.1 Å². The number of hydrogen-bond donors (Lipinski definition) is 4. The number of aliphatic carboxylic acids is 1. The number of carboxylic acids is 1. The van der Waals surface area contributed by atoms with Gasteiger partial charge in [0.1, 0.15) is 23.9 Å². The van der Waals surface area contributed by atoms with E-state index in [-0.39, 0.29) is 28.8 Å². The minimum Gasteiger partial charge on any atom is -0.477 e. The van der Waals surface area contributed by atoms with Crippen LogP contribution in [0.5, 0.6) is 0 Å². The highest BCUT2D eigenvalue weighted by atomic mass is 32.2. The Labute approximate surface area is 161 Å². The van der Waals surface area contributed by atoms with Gasteiger partial charge in [-0.1, -0.05) is 5.16 Å². The molecule has 2 aliphatic rings. The molecule has 1 fully saturated rings. The number of carbonyl (C=O) groups excluding carboxylic acids is 2. The summed E-state index contributed by atoms with van der Waals surface area (Å²) >= 11 is 2.42. The van der Waals surface area contributed by atoms with E-state index in [0.717, 1.165) is 16.2 Å². The number of nitrogen functional groups attached to an aromatic ring is 1. The second-order valence-electron chi connectivity index (χ2n) is 5.58. The normalized spacial score (nSPS) is 24.6. The molecule has 0 radical (unpaired) electrons. The van der Waals surface area contributed by atoms with Crippen molar-refractivity contribution in [2.75, 3.05) is 25.1 Å². The molecule has 2 aliphatic heterocycles. The summed E-state index contributed by atoms with van der Waals surface area (Å²) < 4.78 is 0. The number of anilines is 1. The van der Waals surface area contributed by atoms with Crippen LogP contribution in [0, 0.1) is 0 Å². The van der Waals surface area contributed by atoms with Crippen molar-refractivity contribution >= 4 is 51.7 Å². The Hall–Kier alpha value is -2.64. The minimum absolute atomic E-state index is 0.125. The van der Waals surface area contributed by atoms with Gasteiger partial charge in [-0.3, -0.25) is 14.5 Å². The van der Waals surface area contributed by atoms with Crippen molar-refractivity contribution < 1.29 is 24.3 Å². The lowest BCUT2D eigenvalue weighted by Gasteiger charge is -2.56. The number of rotatable bonds is 6. The lowest BCUT2D eigenvalue weighted by molar-refractivity contribution is -0.157. The molecule has 11 nitrogen and oxygen atoms in total. The monoisotopic (exact) mass is 412 g/mol. The van der Waals surface area contributed by atoms with Crippen LogP contribution in [-0.4, -0.2) is 68.8 Å². The Morgan fingerprint density at radius 1 is 1.59 bits per heavy atom. The third-order valence-corrected chi connectivity index (χ3v) is 6.05. The summed E-state index contributed by atoms with van der Waals surface area (Å²) in [5.74, 6) is -2.17. The van der Waals surface area contributed by atoms with E-state index in [9.17, 15) is 19.5 Å². The molecular weight excluding hydrogens is 396 g/mol. The molecular formula is C14H16N6O5S2. The largest absolute Gasteiger partial charge is 0.477 e. The molecule has 2 amide bonds. The van der Waals surface area contributed by atoms with E-state index in [0.29, 0.717) is 5.75 Å². The van der Waals surface area contributed by atoms with Crippen LogP contribution in [0.25, 0.3) is 0 Å². The van der Waals surface area contributed by atoms with Crippen molar-refractivity contribution in [2.24, 2.45) is 10.9 Å². The summed E-state index contributed by atoms with van der Waals surface area (Å²) in [7, 11) is 1.26. The highest BCUT2D eigenvalue weighted by molar-refractivity contribution is 8.00. The third-order valence-electron chi connectivity index (χ3n) is 4.09. The van der Waals surface area contributed by atoms with Gasteiger partial charge in [-0.25, -0.2) is 9.78 Å². The summed E-state index contributed by atoms with van der Waals surface area (Å²) in [6.45, 7) is -0.210. The van der Waals surface area contributed by atoms with E-state index in [1.807, 2.05) is 0 Å². The lowest BCUT2D eigenvalue weighted by Crippen LogP contribution is -2.82. The molecule has 144 valence electrons. The predicted octanol–water partition coefficient (Wildman–Crippen LogP) is -1.23. The highest BCUT2D eigenvalue weighted by Crippen LogP contribution is 2.43. The van der Waals surface area contributed by atoms with Crippen LogP contribution in [0.4, 0.5) is 5.13 Å². The zero-order valence-electron chi connectivity index (χ0n) is 14.0. The minimum atomic E-state index is -1.45. The molecule has 0 aromatic carbocycles. The number of carbonyl (C=O) groups is 3. The fourth-order valence-corrected chi connectivity index (χ4v) is 4.73. The van der Waals surface area contributed by atoms with E-state index in [1.54, 1.807) is 0 Å². The number of nitrogens with two attached hydrogens (primary N) is 2. The van der Waals surface area contributed by atoms with Crippen LogP contribution >= 0.6 is 23.1 Å². The number of hydrogen-bond acceptors (Lipinski definition) is 10. The van der Waals surface area contributed by atoms with Gasteiger partial charge in [0.05, 0.1) is 0 Å². The molecule has 0 spiro atoms. The zero-order valence-corrected chi connectivity index (χ0v) is 15.7. The van der Waals surface area contributed by atoms with Crippen LogP contribution in [-0.2, 0) is 19.2 Å². The van der Waals surface area contributed by atoms with Crippen molar-refractivity contribution in [3.63, 3.8) is 0 Å². The first-order valence-corrected chi connectivity index (χ1v) is 9.52. The number of nitrogens with one attached hydrogen (secondary N) is 1. The Bertz CT molecular complexity index is 868. The van der Waals surface area contributed by atoms with E-state index in [4.69, 9.17) is 16.3 Å². The maximum absolute atomic E-state index is 12.8. The summed E-state index contributed by atoms with van der Waals surface area (Å²) in [5, 5.41) is 16.7. The number of carboxylic acid groups (broad SMARTS) is 1. The lowest BCUT2D eigenvalue weighted by atomic mass is 9.86. The van der Waals surface area contributed by atoms with E-state index < -0.39 is 28.7 Å². The van der Waals surface area contributed by atoms with Crippen LogP contribution in [0.2, 0.25) is 0 Å². The summed E-state index contributed by atoms with van der Waals surface area (Å²) in [6.07, 6.45) is 1.44. The molecule has 3 rings (SSSR count). The van der Waals surface area contributed by atoms with Crippen molar-refractivity contribution in [3.05, 3.63) is 22.8 Å². The van der Waals surface area contributed by atoms with Crippen LogP contribution in [0.15, 0.2) is 22.3 Å². The standard InChI is InChI=1S/C14H16N6O5S2/c1-25-19-8(6-4-27-13(16)17-6)9(21)18-14(5-15)11(24)20-7(10(22)23)2-3-26-12(14)20/h2,4,12H,3,5,15H2,1H3,(H2,16,17)(H,18,21)(H,22,23)/t12-,14?/m0/s1. The van der Waals surface area contributed by atoms with Gasteiger partial charge in [0.2, 0.25) is 0 Å². The van der Waals surface area contributed by atoms with Gasteiger partial charge < -0.3 is 26.7 Å². The maximum atomic E-state index is 12.8. The SMILES string of the molecule is CON=C(C(=O)NC1(CN)C(=O)N2C(C(=O)O)=CCS[C@H]21)c1csc(N)n1. The first-order valence-electron chi connectivity index (χ1n) is 7.59. The third kappa shape index (κ3) is 3.02. The molecule has 13 heteroatoms. The van der Waals surface area contributed by atoms with Crippen molar-refractivity contribution in [3.8, 4) is 0 Å². The first kappa shape index (κ1) is 19.1. The quantitative estimate of drug-likeness (QED) is 0.253. The fourth-order valence-electron chi connectivity index (χ4n) is 2.85. The maximum Gasteiger partial charge on any atom is 0.352 e. The Kier molecular flexibility index (Phi) is 5.08. The molecule has 1 aromatic rings. The molecule has 0 saturated carbocycles. The average molecular weight is 412 g/mol. The molecule has 0 aliphatic carbocycles. The number of fused-ring (bicyclic) bond motifs is 1. The fraction of sp³-hybridized carbons (Fsp3) is 0.357. The number of aromatic nitrogens is 1. The van der Waals surface area contributed by atoms with Gasteiger partial charge in [-0.05, 0) is 6.08 Å². The second kappa shape index (κ2) is 7.17. The van der Waals surface area contributed by atoms with E-state index >= 15 is 0 Å². The van der Waals surface area contributed by atoms with Gasteiger partial charge in [0.15, 0.2) is 16.4 Å². The topological polar surface area (TPSA) is 173 Å². The number of thiazole rings is 1. The molecule has 6 N–H and O–H groups in total. The van der Waals surface area contributed by atoms with E-state index in [1.165, 1.54) is 30.3 Å². The Morgan fingerprint density at radius 3 is 2.89 bits per heavy atom. The van der Waals surface area contributed by atoms with Gasteiger partial charge >= 0.3 is 5.97 Å². The Balaban J connectivity index is 1.88. The predicted molar refractivity (Wildman–Crippen MR) is 98.8 cm³/mol. The molecule has 1 unspecified atom stereocenters. The number of β-lactam (4-membered cyclic amide) rings is 1. The average Bonchev–Trinajstić information content (AvgIpc) is 3.08. The van der Waals surface area contributed by atoms with Crippen LogP contribution < -0.4 is 16.8 Å². The first-order chi connectivity index (χ1) is 12.9. The molecule has 0 bridgehead atoms. The number of oxime groups is 1. The van der Waals surface area contributed by atoms with Crippen molar-refractivity contribution in [2.45, 2.75) is 10.9 Å². The van der Waals surface area contributed by atoms with Gasteiger partial charge in [0, 0.05) is 17.7 Å². The summed E-state index contributed by atoms with van der Waals surface area (Å²) in [4.78, 5) is 46.7. The molecule has 2 atom stereocenters. The van der Waals surface area contributed by atoms with E-state index in [2.05, 4.69) is 15.5 Å². The number of thioether (sulfide) groups is 1. The molecule has 1 aromatic heterocycles.